The van der Waals surface area contributed by atoms with Gasteiger partial charge in [0, 0.05) is 0 Å². The Labute approximate surface area is 81.2 Å². The Hall–Kier alpha value is -1.50. The van der Waals surface area contributed by atoms with Crippen molar-refractivity contribution < 1.29 is 23.5 Å². The minimum absolute atomic E-state index is 0.0807. The number of carbonyl (C=O) groups excluding carboxylic acids is 1. The summed E-state index contributed by atoms with van der Waals surface area (Å²) in [4.78, 5) is 21.0. The first-order valence-corrected chi connectivity index (χ1v) is 4.30. The van der Waals surface area contributed by atoms with E-state index in [1.165, 1.54) is 11.4 Å². The maximum atomic E-state index is 11.8. The Morgan fingerprint density at radius 1 is 1.50 bits per heavy atom. The summed E-state index contributed by atoms with van der Waals surface area (Å²) in [6.45, 7) is 0. The minimum Gasteiger partial charge on any atom is -0.478 e. The van der Waals surface area contributed by atoms with Gasteiger partial charge in [0.2, 0.25) is 0 Å². The molecule has 0 atom stereocenters. The summed E-state index contributed by atoms with van der Waals surface area (Å²) in [5.41, 5.74) is -0.191. The van der Waals surface area contributed by atoms with Gasteiger partial charge in [-0.3, -0.25) is 4.79 Å². The van der Waals surface area contributed by atoms with Gasteiger partial charge in [-0.05, 0) is 11.4 Å². The van der Waals surface area contributed by atoms with E-state index < -0.39 is 18.3 Å². The van der Waals surface area contributed by atoms with Crippen molar-refractivity contribution in [3.05, 3.63) is 17.0 Å². The molecule has 14 heavy (non-hydrogen) atoms. The molecule has 0 saturated heterocycles. The van der Waals surface area contributed by atoms with Gasteiger partial charge in [0.05, 0.1) is 5.56 Å². The number of alkyl halides is 2. The van der Waals surface area contributed by atoms with Gasteiger partial charge in [-0.1, -0.05) is 0 Å². The third kappa shape index (κ3) is 2.25. The molecule has 0 radical (unpaired) electrons. The number of hydrogen-bond donors (Lipinski definition) is 2. The molecule has 1 heterocycles. The van der Waals surface area contributed by atoms with Crippen LogP contribution in [-0.2, 0) is 4.79 Å². The molecule has 0 aliphatic carbocycles. The molecule has 2 N–H and O–H groups in total. The lowest BCUT2D eigenvalue weighted by atomic mass is 10.3. The molecule has 1 aromatic rings. The lowest BCUT2D eigenvalue weighted by Gasteiger charge is -2.01. The monoisotopic (exact) mass is 221 g/mol. The molecule has 0 bridgehead atoms. The van der Waals surface area contributed by atoms with Crippen molar-refractivity contribution >= 4 is 28.2 Å². The normalized spacial score (nSPS) is 10.2. The molecule has 4 nitrogen and oxygen atoms in total. The maximum Gasteiger partial charge on any atom is 0.338 e. The summed E-state index contributed by atoms with van der Waals surface area (Å²) in [6.07, 6.45) is -3.15. The van der Waals surface area contributed by atoms with Crippen LogP contribution in [0.4, 0.5) is 13.8 Å². The highest BCUT2D eigenvalue weighted by Gasteiger charge is 2.19. The second-order valence-corrected chi connectivity index (χ2v) is 3.17. The third-order valence-electron chi connectivity index (χ3n) is 1.33. The lowest BCUT2D eigenvalue weighted by Crippen LogP contribution is -2.20. The summed E-state index contributed by atoms with van der Waals surface area (Å²) >= 11 is 0.877. The van der Waals surface area contributed by atoms with Gasteiger partial charge in [0.15, 0.2) is 0 Å². The van der Waals surface area contributed by atoms with E-state index in [0.29, 0.717) is 0 Å². The van der Waals surface area contributed by atoms with E-state index in [2.05, 4.69) is 0 Å². The second-order valence-electron chi connectivity index (χ2n) is 2.26. The number of aromatic carboxylic acids is 1. The van der Waals surface area contributed by atoms with E-state index in [1.807, 2.05) is 5.32 Å². The van der Waals surface area contributed by atoms with Gasteiger partial charge in [-0.15, -0.1) is 11.3 Å². The van der Waals surface area contributed by atoms with E-state index in [-0.39, 0.29) is 10.6 Å². The fourth-order valence-corrected chi connectivity index (χ4v) is 1.52. The predicted octanol–water partition coefficient (Wildman–Crippen LogP) is 1.65. The molecule has 1 aromatic heterocycles. The zero-order valence-corrected chi connectivity index (χ0v) is 7.48. The zero-order valence-electron chi connectivity index (χ0n) is 6.66. The number of nitrogens with one attached hydrogen (secondary N) is 1. The van der Waals surface area contributed by atoms with Gasteiger partial charge in [-0.2, -0.15) is 8.78 Å². The quantitative estimate of drug-likeness (QED) is 0.815. The molecule has 0 saturated carbocycles. The first-order chi connectivity index (χ1) is 6.52. The maximum absolute atomic E-state index is 11.8. The van der Waals surface area contributed by atoms with Crippen LogP contribution < -0.4 is 5.32 Å². The van der Waals surface area contributed by atoms with Crippen LogP contribution in [-0.4, -0.2) is 23.4 Å². The van der Waals surface area contributed by atoms with Crippen LogP contribution in [0.3, 0.4) is 0 Å². The van der Waals surface area contributed by atoms with Crippen molar-refractivity contribution in [1.82, 2.24) is 0 Å². The average molecular weight is 221 g/mol. The SMILES string of the molecule is O=C(O)c1ccsc1NC(=O)C(F)F. The van der Waals surface area contributed by atoms with Gasteiger partial charge >= 0.3 is 12.4 Å². The Bertz CT molecular complexity index is 364. The fourth-order valence-electron chi connectivity index (χ4n) is 0.741. The summed E-state index contributed by atoms with van der Waals surface area (Å²) in [7, 11) is 0. The zero-order chi connectivity index (χ0) is 10.7. The van der Waals surface area contributed by atoms with Crippen LogP contribution >= 0.6 is 11.3 Å². The molecular weight excluding hydrogens is 216 g/mol. The summed E-state index contributed by atoms with van der Waals surface area (Å²) in [5, 5.41) is 11.7. The molecule has 0 fully saturated rings. The molecule has 0 spiro atoms. The van der Waals surface area contributed by atoms with Crippen LogP contribution in [0.5, 0.6) is 0 Å². The van der Waals surface area contributed by atoms with Crippen molar-refractivity contribution in [3.8, 4) is 0 Å². The largest absolute Gasteiger partial charge is 0.478 e. The number of anilines is 1. The predicted molar refractivity (Wildman–Crippen MR) is 45.9 cm³/mol. The number of halogens is 2. The highest BCUT2D eigenvalue weighted by Crippen LogP contribution is 2.23. The molecule has 0 unspecified atom stereocenters. The van der Waals surface area contributed by atoms with E-state index in [1.54, 1.807) is 0 Å². The van der Waals surface area contributed by atoms with E-state index in [9.17, 15) is 18.4 Å². The number of rotatable bonds is 3. The molecule has 0 aliphatic rings. The Balaban J connectivity index is 2.82. The Kier molecular flexibility index (Phi) is 3.13. The summed E-state index contributed by atoms with van der Waals surface area (Å²) in [5.74, 6) is -2.77. The molecule has 0 aromatic carbocycles. The number of hydrogen-bond acceptors (Lipinski definition) is 3. The topological polar surface area (TPSA) is 66.4 Å². The molecule has 1 amide bonds. The lowest BCUT2D eigenvalue weighted by molar-refractivity contribution is -0.126. The van der Waals surface area contributed by atoms with Gasteiger partial charge in [0.1, 0.15) is 5.00 Å². The average Bonchev–Trinajstić information content (AvgIpc) is 2.52. The highest BCUT2D eigenvalue weighted by molar-refractivity contribution is 7.14. The molecule has 7 heteroatoms. The number of thiophene rings is 1. The number of carboxylic acids is 1. The fraction of sp³-hybridized carbons (Fsp3) is 0.143. The van der Waals surface area contributed by atoms with E-state index in [0.717, 1.165) is 11.3 Å². The van der Waals surface area contributed by atoms with Crippen molar-refractivity contribution in [2.24, 2.45) is 0 Å². The van der Waals surface area contributed by atoms with Crippen molar-refractivity contribution in [2.45, 2.75) is 6.43 Å². The number of amides is 1. The van der Waals surface area contributed by atoms with Crippen molar-refractivity contribution in [2.75, 3.05) is 5.32 Å². The molecule has 0 aliphatic heterocycles. The van der Waals surface area contributed by atoms with Gasteiger partial charge in [0.25, 0.3) is 5.91 Å². The minimum atomic E-state index is -3.15. The van der Waals surface area contributed by atoms with Crippen LogP contribution in [0.1, 0.15) is 10.4 Å². The first-order valence-electron chi connectivity index (χ1n) is 3.42. The van der Waals surface area contributed by atoms with Crippen molar-refractivity contribution in [1.29, 1.82) is 0 Å². The summed E-state index contributed by atoms with van der Waals surface area (Å²) < 4.78 is 23.6. The number of carbonyl (C=O) groups is 2. The van der Waals surface area contributed by atoms with Crippen LogP contribution in [0.2, 0.25) is 0 Å². The van der Waals surface area contributed by atoms with Crippen molar-refractivity contribution in [3.63, 3.8) is 0 Å². The Morgan fingerprint density at radius 2 is 2.14 bits per heavy atom. The molecular formula is C7H5F2NO3S. The molecule has 1 rings (SSSR count). The van der Waals surface area contributed by atoms with Crippen LogP contribution in [0.15, 0.2) is 11.4 Å². The van der Waals surface area contributed by atoms with Crippen LogP contribution in [0, 0.1) is 0 Å². The van der Waals surface area contributed by atoms with E-state index in [4.69, 9.17) is 5.11 Å². The first kappa shape index (κ1) is 10.6. The van der Waals surface area contributed by atoms with Gasteiger partial charge in [-0.25, -0.2) is 4.79 Å². The third-order valence-corrected chi connectivity index (χ3v) is 2.16. The van der Waals surface area contributed by atoms with Crippen LogP contribution in [0.25, 0.3) is 0 Å². The highest BCUT2D eigenvalue weighted by atomic mass is 32.1. The second kappa shape index (κ2) is 4.14. The molecule has 76 valence electrons. The number of carboxylic acid groups (broad SMARTS) is 1. The standard InChI is InChI=1S/C7H5F2NO3S/c8-4(9)5(11)10-6-3(7(12)13)1-2-14-6/h1-2,4H,(H,10,11)(H,12,13). The smallest absolute Gasteiger partial charge is 0.338 e. The Morgan fingerprint density at radius 3 is 2.64 bits per heavy atom. The van der Waals surface area contributed by atoms with Gasteiger partial charge < -0.3 is 10.4 Å². The summed E-state index contributed by atoms with van der Waals surface area (Å²) in [6, 6.07) is 1.23. The van der Waals surface area contributed by atoms with E-state index >= 15 is 0 Å².